The molecule has 0 spiro atoms. The maximum absolute atomic E-state index is 5.65. The van der Waals surface area contributed by atoms with Gasteiger partial charge in [0.2, 0.25) is 5.95 Å². The molecule has 0 saturated carbocycles. The van der Waals surface area contributed by atoms with Crippen LogP contribution in [0, 0.1) is 0 Å². The zero-order valence-corrected chi connectivity index (χ0v) is 8.38. The van der Waals surface area contributed by atoms with Crippen molar-refractivity contribution >= 4 is 17.0 Å². The molecule has 3 rings (SSSR count). The summed E-state index contributed by atoms with van der Waals surface area (Å²) in [4.78, 5) is 8.32. The first-order valence-corrected chi connectivity index (χ1v) is 4.86. The standard InChI is InChI=1S/C11H9N5/c12-11-14-9(7-4-2-1-3-5-7)8-6-13-16-10(8)15-11/h1-6H,(H3,12,13,14,15,16). The number of anilines is 1. The van der Waals surface area contributed by atoms with Crippen LogP contribution in [0.25, 0.3) is 22.3 Å². The van der Waals surface area contributed by atoms with Crippen molar-refractivity contribution in [2.24, 2.45) is 0 Å². The molecule has 5 heteroatoms. The van der Waals surface area contributed by atoms with Gasteiger partial charge in [-0.3, -0.25) is 5.10 Å². The number of rotatable bonds is 1. The van der Waals surface area contributed by atoms with E-state index in [1.54, 1.807) is 6.20 Å². The minimum absolute atomic E-state index is 0.246. The smallest absolute Gasteiger partial charge is 0.222 e. The van der Waals surface area contributed by atoms with Crippen LogP contribution in [0.1, 0.15) is 0 Å². The summed E-state index contributed by atoms with van der Waals surface area (Å²) in [7, 11) is 0. The number of nitrogens with one attached hydrogen (secondary N) is 1. The number of fused-ring (bicyclic) bond motifs is 1. The molecule has 0 aliphatic rings. The molecule has 0 unspecified atom stereocenters. The predicted octanol–water partition coefficient (Wildman–Crippen LogP) is 1.60. The van der Waals surface area contributed by atoms with E-state index < -0.39 is 0 Å². The monoisotopic (exact) mass is 211 g/mol. The number of nitrogens with two attached hydrogens (primary N) is 1. The molecule has 0 aliphatic heterocycles. The number of H-pyrrole nitrogens is 1. The van der Waals surface area contributed by atoms with Gasteiger partial charge in [-0.2, -0.15) is 10.1 Å². The first-order chi connectivity index (χ1) is 7.84. The molecule has 16 heavy (non-hydrogen) atoms. The van der Waals surface area contributed by atoms with Crippen LogP contribution < -0.4 is 5.73 Å². The third-order valence-corrected chi connectivity index (χ3v) is 2.37. The molecule has 0 amide bonds. The van der Waals surface area contributed by atoms with Crippen LogP contribution in [0.15, 0.2) is 36.5 Å². The summed E-state index contributed by atoms with van der Waals surface area (Å²) in [6.07, 6.45) is 1.71. The zero-order valence-electron chi connectivity index (χ0n) is 8.38. The Morgan fingerprint density at radius 2 is 1.88 bits per heavy atom. The van der Waals surface area contributed by atoms with Crippen LogP contribution in [0.4, 0.5) is 5.95 Å². The van der Waals surface area contributed by atoms with Crippen molar-refractivity contribution < 1.29 is 0 Å². The predicted molar refractivity (Wildman–Crippen MR) is 61.5 cm³/mol. The fourth-order valence-electron chi connectivity index (χ4n) is 1.67. The van der Waals surface area contributed by atoms with E-state index in [4.69, 9.17) is 5.73 Å². The van der Waals surface area contributed by atoms with Gasteiger partial charge in [0.25, 0.3) is 0 Å². The molecule has 3 aromatic rings. The normalized spacial score (nSPS) is 10.8. The van der Waals surface area contributed by atoms with Crippen LogP contribution in [-0.2, 0) is 0 Å². The van der Waals surface area contributed by atoms with E-state index in [1.807, 2.05) is 30.3 Å². The van der Waals surface area contributed by atoms with Crippen LogP contribution in [-0.4, -0.2) is 20.2 Å². The molecule has 0 aliphatic carbocycles. The van der Waals surface area contributed by atoms with E-state index in [2.05, 4.69) is 20.2 Å². The highest BCUT2D eigenvalue weighted by Crippen LogP contribution is 2.24. The van der Waals surface area contributed by atoms with E-state index in [0.29, 0.717) is 5.65 Å². The van der Waals surface area contributed by atoms with Gasteiger partial charge in [0.1, 0.15) is 0 Å². The van der Waals surface area contributed by atoms with Crippen molar-refractivity contribution in [2.75, 3.05) is 5.73 Å². The van der Waals surface area contributed by atoms with Gasteiger partial charge in [-0.25, -0.2) is 4.98 Å². The van der Waals surface area contributed by atoms with Crippen molar-refractivity contribution in [3.8, 4) is 11.3 Å². The fourth-order valence-corrected chi connectivity index (χ4v) is 1.67. The van der Waals surface area contributed by atoms with Crippen molar-refractivity contribution in [1.82, 2.24) is 20.2 Å². The zero-order chi connectivity index (χ0) is 11.0. The quantitative estimate of drug-likeness (QED) is 0.640. The lowest BCUT2D eigenvalue weighted by molar-refractivity contribution is 1.09. The van der Waals surface area contributed by atoms with Crippen molar-refractivity contribution in [3.63, 3.8) is 0 Å². The van der Waals surface area contributed by atoms with E-state index >= 15 is 0 Å². The van der Waals surface area contributed by atoms with Crippen LogP contribution in [0.5, 0.6) is 0 Å². The number of hydrogen-bond acceptors (Lipinski definition) is 4. The summed E-state index contributed by atoms with van der Waals surface area (Å²) in [6.45, 7) is 0. The summed E-state index contributed by atoms with van der Waals surface area (Å²) in [5, 5.41) is 7.61. The molecule has 0 radical (unpaired) electrons. The molecule has 2 aromatic heterocycles. The third-order valence-electron chi connectivity index (χ3n) is 2.37. The summed E-state index contributed by atoms with van der Waals surface area (Å²) >= 11 is 0. The Bertz CT molecular complexity index is 629. The first-order valence-electron chi connectivity index (χ1n) is 4.86. The van der Waals surface area contributed by atoms with Gasteiger partial charge >= 0.3 is 0 Å². The highest BCUT2D eigenvalue weighted by molar-refractivity contribution is 5.90. The molecule has 2 heterocycles. The Hall–Kier alpha value is -2.43. The Morgan fingerprint density at radius 1 is 1.06 bits per heavy atom. The van der Waals surface area contributed by atoms with Crippen molar-refractivity contribution in [1.29, 1.82) is 0 Å². The van der Waals surface area contributed by atoms with Crippen LogP contribution >= 0.6 is 0 Å². The number of nitrogen functional groups attached to an aromatic ring is 1. The Kier molecular flexibility index (Phi) is 1.83. The molecule has 5 nitrogen and oxygen atoms in total. The Labute approximate surface area is 91.3 Å². The van der Waals surface area contributed by atoms with Crippen molar-refractivity contribution in [2.45, 2.75) is 0 Å². The molecule has 0 saturated heterocycles. The second-order valence-electron chi connectivity index (χ2n) is 3.43. The lowest BCUT2D eigenvalue weighted by Gasteiger charge is -2.02. The van der Waals surface area contributed by atoms with Gasteiger partial charge in [-0.15, -0.1) is 0 Å². The maximum Gasteiger partial charge on any atom is 0.222 e. The SMILES string of the molecule is Nc1nc(-c2ccccc2)c2cn[nH]c2n1. The summed E-state index contributed by atoms with van der Waals surface area (Å²) in [6, 6.07) is 9.84. The molecule has 3 N–H and O–H groups in total. The summed E-state index contributed by atoms with van der Waals surface area (Å²) in [5.74, 6) is 0.246. The number of aromatic nitrogens is 4. The number of hydrogen-bond donors (Lipinski definition) is 2. The third kappa shape index (κ3) is 1.30. The largest absolute Gasteiger partial charge is 0.368 e. The lowest BCUT2D eigenvalue weighted by Crippen LogP contribution is -1.97. The number of benzene rings is 1. The highest BCUT2D eigenvalue weighted by atomic mass is 15.2. The maximum atomic E-state index is 5.65. The topological polar surface area (TPSA) is 80.5 Å². The van der Waals surface area contributed by atoms with E-state index in [1.165, 1.54) is 0 Å². The average molecular weight is 211 g/mol. The highest BCUT2D eigenvalue weighted by Gasteiger charge is 2.09. The van der Waals surface area contributed by atoms with Crippen LogP contribution in [0.3, 0.4) is 0 Å². The van der Waals surface area contributed by atoms with Gasteiger partial charge in [-0.05, 0) is 0 Å². The van der Waals surface area contributed by atoms with E-state index in [-0.39, 0.29) is 5.95 Å². The Balaban J connectivity index is 2.34. The van der Waals surface area contributed by atoms with Crippen molar-refractivity contribution in [3.05, 3.63) is 36.5 Å². The second-order valence-corrected chi connectivity index (χ2v) is 3.43. The van der Waals surface area contributed by atoms with Gasteiger partial charge < -0.3 is 5.73 Å². The minimum atomic E-state index is 0.246. The molecule has 0 fully saturated rings. The molecule has 1 aromatic carbocycles. The summed E-state index contributed by atoms with van der Waals surface area (Å²) < 4.78 is 0. The number of aromatic amines is 1. The molecular weight excluding hydrogens is 202 g/mol. The van der Waals surface area contributed by atoms with Gasteiger partial charge in [-0.1, -0.05) is 30.3 Å². The van der Waals surface area contributed by atoms with Gasteiger partial charge in [0.05, 0.1) is 17.3 Å². The number of nitrogens with zero attached hydrogens (tertiary/aromatic N) is 3. The minimum Gasteiger partial charge on any atom is -0.368 e. The first kappa shape index (κ1) is 8.84. The fraction of sp³-hybridized carbons (Fsp3) is 0. The van der Waals surface area contributed by atoms with E-state index in [9.17, 15) is 0 Å². The van der Waals surface area contributed by atoms with Gasteiger partial charge in [0, 0.05) is 5.56 Å². The molecule has 0 atom stereocenters. The molecule has 78 valence electrons. The second kappa shape index (κ2) is 3.30. The summed E-state index contributed by atoms with van der Waals surface area (Å²) in [5.41, 5.74) is 8.12. The Morgan fingerprint density at radius 3 is 2.69 bits per heavy atom. The lowest BCUT2D eigenvalue weighted by atomic mass is 10.1. The van der Waals surface area contributed by atoms with E-state index in [0.717, 1.165) is 16.6 Å². The van der Waals surface area contributed by atoms with Crippen LogP contribution in [0.2, 0.25) is 0 Å². The molecular formula is C11H9N5. The average Bonchev–Trinajstić information content (AvgIpc) is 2.77. The van der Waals surface area contributed by atoms with Gasteiger partial charge in [0.15, 0.2) is 5.65 Å². The molecule has 0 bridgehead atoms.